The Labute approximate surface area is 130 Å². The molecule has 0 aliphatic carbocycles. The van der Waals surface area contributed by atoms with Gasteiger partial charge in [-0.25, -0.2) is 14.5 Å². The van der Waals surface area contributed by atoms with E-state index in [1.54, 1.807) is 16.0 Å². The van der Waals surface area contributed by atoms with Crippen LogP contribution in [0.5, 0.6) is 0 Å². The number of carbonyl (C=O) groups excluding carboxylic acids is 1. The predicted molar refractivity (Wildman–Crippen MR) is 81.7 cm³/mol. The van der Waals surface area contributed by atoms with E-state index in [0.29, 0.717) is 19.0 Å². The number of hydrogen-bond donors (Lipinski definition) is 2. The van der Waals surface area contributed by atoms with Crippen LogP contribution in [0.25, 0.3) is 4.96 Å². The van der Waals surface area contributed by atoms with E-state index in [1.807, 2.05) is 22.2 Å². The third kappa shape index (κ3) is 3.22. The Hall–Kier alpha value is -2.49. The van der Waals surface area contributed by atoms with Crippen molar-refractivity contribution in [3.8, 4) is 0 Å². The number of thiazole rings is 1. The lowest BCUT2D eigenvalue weighted by Gasteiger charge is -2.06. The van der Waals surface area contributed by atoms with Crippen molar-refractivity contribution in [2.24, 2.45) is 0 Å². The number of aromatic nitrogens is 6. The fraction of sp³-hybridized carbons (Fsp3) is 0.417. The van der Waals surface area contributed by atoms with Crippen LogP contribution in [0.3, 0.4) is 0 Å². The minimum Gasteiger partial charge on any atom is -0.332 e. The number of urea groups is 1. The summed E-state index contributed by atoms with van der Waals surface area (Å²) in [6.45, 7) is 3.10. The van der Waals surface area contributed by atoms with Crippen LogP contribution >= 0.6 is 11.3 Å². The van der Waals surface area contributed by atoms with E-state index in [9.17, 15) is 4.79 Å². The van der Waals surface area contributed by atoms with E-state index in [4.69, 9.17) is 0 Å². The van der Waals surface area contributed by atoms with Gasteiger partial charge >= 0.3 is 6.03 Å². The maximum absolute atomic E-state index is 11.9. The first-order chi connectivity index (χ1) is 10.8. The molecule has 0 atom stereocenters. The first-order valence-corrected chi connectivity index (χ1v) is 7.86. The van der Waals surface area contributed by atoms with E-state index in [0.717, 1.165) is 23.5 Å². The van der Waals surface area contributed by atoms with Gasteiger partial charge in [0.05, 0.1) is 12.2 Å². The molecular weight excluding hydrogens is 304 g/mol. The molecule has 0 aliphatic heterocycles. The number of anilines is 1. The molecule has 0 fully saturated rings. The highest BCUT2D eigenvalue weighted by Crippen LogP contribution is 2.11. The summed E-state index contributed by atoms with van der Waals surface area (Å²) in [5, 5.41) is 18.6. The van der Waals surface area contributed by atoms with Gasteiger partial charge in [-0.3, -0.25) is 9.72 Å². The van der Waals surface area contributed by atoms with Gasteiger partial charge in [0.15, 0.2) is 4.96 Å². The summed E-state index contributed by atoms with van der Waals surface area (Å²) in [6, 6.07) is -0.357. The van der Waals surface area contributed by atoms with Crippen LogP contribution in [0, 0.1) is 0 Å². The zero-order chi connectivity index (χ0) is 15.4. The number of aryl methyl sites for hydroxylation is 1. The molecule has 0 bridgehead atoms. The molecule has 0 unspecified atom stereocenters. The predicted octanol–water partition coefficient (Wildman–Crippen LogP) is 1.50. The number of nitrogens with zero attached hydrogens (tertiary/aromatic N) is 6. The maximum Gasteiger partial charge on any atom is 0.321 e. The zero-order valence-electron chi connectivity index (χ0n) is 12.1. The summed E-state index contributed by atoms with van der Waals surface area (Å²) in [5.74, 6) is 0.344. The van der Waals surface area contributed by atoms with E-state index in [-0.39, 0.29) is 6.03 Å². The van der Waals surface area contributed by atoms with Crippen molar-refractivity contribution in [3.05, 3.63) is 23.5 Å². The largest absolute Gasteiger partial charge is 0.332 e. The topological polar surface area (TPSA) is 102 Å². The summed E-state index contributed by atoms with van der Waals surface area (Å²) in [4.78, 5) is 17.2. The quantitative estimate of drug-likeness (QED) is 0.716. The molecule has 0 radical (unpaired) electrons. The monoisotopic (exact) mass is 320 g/mol. The molecule has 22 heavy (non-hydrogen) atoms. The Bertz CT molecular complexity index is 731. The number of imidazole rings is 1. The van der Waals surface area contributed by atoms with Gasteiger partial charge < -0.3 is 5.32 Å². The first-order valence-electron chi connectivity index (χ1n) is 6.98. The van der Waals surface area contributed by atoms with Crippen LogP contribution in [0.1, 0.15) is 25.5 Å². The van der Waals surface area contributed by atoms with Gasteiger partial charge in [-0.2, -0.15) is 0 Å². The van der Waals surface area contributed by atoms with E-state index in [2.05, 4.69) is 38.1 Å². The Morgan fingerprint density at radius 1 is 1.45 bits per heavy atom. The van der Waals surface area contributed by atoms with Crippen molar-refractivity contribution >= 4 is 28.3 Å². The van der Waals surface area contributed by atoms with Crippen molar-refractivity contribution in [1.82, 2.24) is 34.9 Å². The summed E-state index contributed by atoms with van der Waals surface area (Å²) < 4.78 is 3.50. The molecule has 3 aromatic rings. The van der Waals surface area contributed by atoms with Gasteiger partial charge in [-0.1, -0.05) is 18.4 Å². The minimum atomic E-state index is -0.357. The van der Waals surface area contributed by atoms with Crippen LogP contribution in [0.4, 0.5) is 10.7 Å². The number of nitrogens with one attached hydrogen (secondary N) is 2. The highest BCUT2D eigenvalue weighted by Gasteiger charge is 2.10. The van der Waals surface area contributed by atoms with Gasteiger partial charge in [0.2, 0.25) is 0 Å². The second-order valence-electron chi connectivity index (χ2n) is 4.71. The van der Waals surface area contributed by atoms with Crippen molar-refractivity contribution in [3.63, 3.8) is 0 Å². The van der Waals surface area contributed by atoms with Gasteiger partial charge in [0.1, 0.15) is 0 Å². The van der Waals surface area contributed by atoms with Gasteiger partial charge in [-0.05, 0) is 16.8 Å². The molecule has 9 nitrogen and oxygen atoms in total. The molecule has 3 heterocycles. The first kappa shape index (κ1) is 14.4. The number of fused-ring (bicyclic) bond motifs is 1. The molecule has 0 saturated carbocycles. The molecule has 2 amide bonds. The van der Waals surface area contributed by atoms with Gasteiger partial charge in [-0.15, -0.1) is 11.3 Å². The smallest absolute Gasteiger partial charge is 0.321 e. The van der Waals surface area contributed by atoms with Crippen LogP contribution < -0.4 is 10.6 Å². The second kappa shape index (κ2) is 6.52. The number of unbranched alkanes of at least 4 members (excludes halogenated alkanes) is 1. The normalized spacial score (nSPS) is 11.0. The maximum atomic E-state index is 11.9. The van der Waals surface area contributed by atoms with E-state index < -0.39 is 0 Å². The molecule has 0 aromatic carbocycles. The molecule has 0 spiro atoms. The lowest BCUT2D eigenvalue weighted by molar-refractivity contribution is 0.251. The molecular formula is C12H16N8OS. The average Bonchev–Trinajstić information content (AvgIpc) is 3.18. The van der Waals surface area contributed by atoms with Crippen LogP contribution in [0.2, 0.25) is 0 Å². The SMILES string of the molecule is CCCCn1nnnc1NC(=O)NCc1cn2ccsc2n1. The van der Waals surface area contributed by atoms with Crippen molar-refractivity contribution < 1.29 is 4.79 Å². The molecule has 0 aliphatic rings. The number of rotatable bonds is 6. The highest BCUT2D eigenvalue weighted by atomic mass is 32.1. The lowest BCUT2D eigenvalue weighted by Crippen LogP contribution is -2.29. The van der Waals surface area contributed by atoms with E-state index >= 15 is 0 Å². The van der Waals surface area contributed by atoms with Gasteiger partial charge in [0.25, 0.3) is 5.95 Å². The van der Waals surface area contributed by atoms with Gasteiger partial charge in [0, 0.05) is 24.3 Å². The molecule has 116 valence electrons. The molecule has 3 rings (SSSR count). The summed E-state index contributed by atoms with van der Waals surface area (Å²) in [5.41, 5.74) is 0.799. The summed E-state index contributed by atoms with van der Waals surface area (Å²) >= 11 is 1.55. The highest BCUT2D eigenvalue weighted by molar-refractivity contribution is 7.15. The lowest BCUT2D eigenvalue weighted by atomic mass is 10.3. The van der Waals surface area contributed by atoms with E-state index in [1.165, 1.54) is 0 Å². The number of tetrazole rings is 1. The minimum absolute atomic E-state index is 0.344. The number of amides is 2. The Morgan fingerprint density at radius 3 is 3.18 bits per heavy atom. The van der Waals surface area contributed by atoms with Crippen molar-refractivity contribution in [1.29, 1.82) is 0 Å². The van der Waals surface area contributed by atoms with Crippen LogP contribution in [-0.4, -0.2) is 35.6 Å². The third-order valence-corrected chi connectivity index (χ3v) is 3.82. The standard InChI is InChI=1S/C12H16N8OS/c1-2-3-4-20-10(16-17-18-20)15-11(21)13-7-9-8-19-5-6-22-12(19)14-9/h5-6,8H,2-4,7H2,1H3,(H2,13,15,16,18,21). The second-order valence-corrected chi connectivity index (χ2v) is 5.58. The van der Waals surface area contributed by atoms with Crippen molar-refractivity contribution in [2.75, 3.05) is 5.32 Å². The molecule has 2 N–H and O–H groups in total. The third-order valence-electron chi connectivity index (χ3n) is 3.05. The Kier molecular flexibility index (Phi) is 4.28. The molecule has 3 aromatic heterocycles. The number of carbonyl (C=O) groups is 1. The van der Waals surface area contributed by atoms with Crippen molar-refractivity contribution in [2.45, 2.75) is 32.9 Å². The molecule has 0 saturated heterocycles. The van der Waals surface area contributed by atoms with Crippen LogP contribution in [0.15, 0.2) is 17.8 Å². The number of hydrogen-bond acceptors (Lipinski definition) is 6. The molecule has 10 heteroatoms. The van der Waals surface area contributed by atoms with Crippen LogP contribution in [-0.2, 0) is 13.1 Å². The zero-order valence-corrected chi connectivity index (χ0v) is 12.9. The average molecular weight is 320 g/mol. The summed E-state index contributed by atoms with van der Waals surface area (Å²) in [7, 11) is 0. The Balaban J connectivity index is 1.54. The Morgan fingerprint density at radius 2 is 2.36 bits per heavy atom. The fourth-order valence-electron chi connectivity index (χ4n) is 1.93. The fourth-order valence-corrected chi connectivity index (χ4v) is 2.65. The summed E-state index contributed by atoms with van der Waals surface area (Å²) in [6.07, 6.45) is 5.80.